The molecule has 4 rings (SSSR count). The highest BCUT2D eigenvalue weighted by molar-refractivity contribution is 6.10. The number of amides is 2. The Morgan fingerprint density at radius 1 is 1.22 bits per heavy atom. The Balaban J connectivity index is 1.47. The fourth-order valence-electron chi connectivity index (χ4n) is 4.08. The van der Waals surface area contributed by atoms with Crippen LogP contribution in [-0.4, -0.2) is 36.6 Å². The molecule has 2 aromatic rings. The van der Waals surface area contributed by atoms with Gasteiger partial charge in [-0.2, -0.15) is 10.5 Å². The number of hydrogen-bond acceptors (Lipinski definition) is 6. The highest BCUT2D eigenvalue weighted by atomic mass is 16.5. The van der Waals surface area contributed by atoms with Gasteiger partial charge in [-0.1, -0.05) is 18.2 Å². The summed E-state index contributed by atoms with van der Waals surface area (Å²) in [5.41, 5.74) is 8.63. The van der Waals surface area contributed by atoms with Crippen molar-refractivity contribution in [3.05, 3.63) is 64.7 Å². The third-order valence-electron chi connectivity index (χ3n) is 6.00. The summed E-state index contributed by atoms with van der Waals surface area (Å²) in [5.74, 6) is -0.469. The molecule has 0 spiro atoms. The van der Waals surface area contributed by atoms with Gasteiger partial charge in [-0.25, -0.2) is 0 Å². The highest BCUT2D eigenvalue weighted by Gasteiger charge is 2.37. The Morgan fingerprint density at radius 2 is 2.00 bits per heavy atom. The van der Waals surface area contributed by atoms with E-state index in [9.17, 15) is 14.9 Å². The number of carbonyl (C=O) groups excluding carboxylic acids is 2. The minimum absolute atomic E-state index is 0.128. The van der Waals surface area contributed by atoms with Crippen LogP contribution in [-0.2, 0) is 22.5 Å². The minimum Gasteiger partial charge on any atom is -0.381 e. The molecule has 8 nitrogen and oxygen atoms in total. The predicted molar refractivity (Wildman–Crippen MR) is 116 cm³/mol. The number of rotatable bonds is 5. The van der Waals surface area contributed by atoms with E-state index in [2.05, 4.69) is 17.5 Å². The largest absolute Gasteiger partial charge is 0.381 e. The minimum atomic E-state index is -1.02. The number of nitriles is 2. The predicted octanol–water partition coefficient (Wildman–Crippen LogP) is 1.78. The highest BCUT2D eigenvalue weighted by Crippen LogP contribution is 2.29. The first-order valence-electron chi connectivity index (χ1n) is 10.4. The average Bonchev–Trinajstić information content (AvgIpc) is 3.14. The molecule has 32 heavy (non-hydrogen) atoms. The molecule has 1 atom stereocenters. The number of nitrogens with one attached hydrogen (secondary N) is 1. The first-order chi connectivity index (χ1) is 15.4. The molecule has 2 aliphatic heterocycles. The molecule has 0 saturated carbocycles. The fourth-order valence-corrected chi connectivity index (χ4v) is 4.08. The molecule has 2 heterocycles. The second-order valence-electron chi connectivity index (χ2n) is 8.17. The van der Waals surface area contributed by atoms with E-state index in [1.54, 1.807) is 41.3 Å². The third kappa shape index (κ3) is 4.19. The third-order valence-corrected chi connectivity index (χ3v) is 6.00. The molecular formula is C24H23N5O3. The molecule has 0 aliphatic carbocycles. The topological polar surface area (TPSA) is 132 Å². The van der Waals surface area contributed by atoms with Gasteiger partial charge in [-0.05, 0) is 48.2 Å². The van der Waals surface area contributed by atoms with Gasteiger partial charge in [0, 0.05) is 30.9 Å². The summed E-state index contributed by atoms with van der Waals surface area (Å²) in [7, 11) is 0. The number of ether oxygens (including phenoxy) is 1. The molecule has 2 amide bonds. The molecule has 0 aromatic heterocycles. The van der Waals surface area contributed by atoms with Crippen molar-refractivity contribution in [2.45, 2.75) is 37.4 Å². The van der Waals surface area contributed by atoms with Gasteiger partial charge in [-0.15, -0.1) is 0 Å². The molecule has 0 unspecified atom stereocenters. The van der Waals surface area contributed by atoms with Crippen molar-refractivity contribution in [3.8, 4) is 12.1 Å². The van der Waals surface area contributed by atoms with Crippen molar-refractivity contribution >= 4 is 17.5 Å². The quantitative estimate of drug-likeness (QED) is 0.744. The SMILES string of the molecule is N#Cc1cccc(N2Cc3cc(C[C@@H](C#N)NC(=O)C4(N)CCOCC4)ccc3C2=O)c1. The smallest absolute Gasteiger partial charge is 0.258 e. The van der Waals surface area contributed by atoms with Crippen LogP contribution in [0, 0.1) is 22.7 Å². The summed E-state index contributed by atoms with van der Waals surface area (Å²) in [6.45, 7) is 1.23. The maximum Gasteiger partial charge on any atom is 0.258 e. The van der Waals surface area contributed by atoms with Crippen molar-refractivity contribution in [2.24, 2.45) is 5.73 Å². The van der Waals surface area contributed by atoms with E-state index in [4.69, 9.17) is 15.7 Å². The molecule has 1 fully saturated rings. The lowest BCUT2D eigenvalue weighted by atomic mass is 9.90. The van der Waals surface area contributed by atoms with Crippen LogP contribution in [0.4, 0.5) is 5.69 Å². The Labute approximate surface area is 186 Å². The van der Waals surface area contributed by atoms with E-state index >= 15 is 0 Å². The monoisotopic (exact) mass is 429 g/mol. The van der Waals surface area contributed by atoms with Crippen LogP contribution >= 0.6 is 0 Å². The summed E-state index contributed by atoms with van der Waals surface area (Å²) in [5, 5.41) is 21.5. The van der Waals surface area contributed by atoms with Crippen molar-refractivity contribution in [1.29, 1.82) is 10.5 Å². The van der Waals surface area contributed by atoms with E-state index < -0.39 is 11.6 Å². The molecule has 2 aromatic carbocycles. The zero-order valence-corrected chi connectivity index (χ0v) is 17.5. The normalized spacial score (nSPS) is 17.7. The number of benzene rings is 2. The average molecular weight is 429 g/mol. The lowest BCUT2D eigenvalue weighted by molar-refractivity contribution is -0.130. The van der Waals surface area contributed by atoms with Crippen molar-refractivity contribution < 1.29 is 14.3 Å². The van der Waals surface area contributed by atoms with E-state index in [-0.39, 0.29) is 11.8 Å². The van der Waals surface area contributed by atoms with Gasteiger partial charge in [0.25, 0.3) is 5.91 Å². The van der Waals surface area contributed by atoms with E-state index in [1.165, 1.54) is 0 Å². The van der Waals surface area contributed by atoms with Gasteiger partial charge in [0.2, 0.25) is 5.91 Å². The van der Waals surface area contributed by atoms with Crippen LogP contribution in [0.15, 0.2) is 42.5 Å². The van der Waals surface area contributed by atoms with E-state index in [1.807, 2.05) is 6.07 Å². The first-order valence-corrected chi connectivity index (χ1v) is 10.4. The van der Waals surface area contributed by atoms with Gasteiger partial charge in [0.15, 0.2) is 0 Å². The summed E-state index contributed by atoms with van der Waals surface area (Å²) in [6, 6.07) is 15.9. The Bertz CT molecular complexity index is 1140. The molecule has 162 valence electrons. The molecule has 0 radical (unpaired) electrons. The maximum atomic E-state index is 12.9. The van der Waals surface area contributed by atoms with Crippen LogP contribution in [0.3, 0.4) is 0 Å². The van der Waals surface area contributed by atoms with Crippen LogP contribution in [0.25, 0.3) is 0 Å². The lowest BCUT2D eigenvalue weighted by Crippen LogP contribution is -2.58. The summed E-state index contributed by atoms with van der Waals surface area (Å²) >= 11 is 0. The number of carbonyl (C=O) groups is 2. The first kappa shape index (κ1) is 21.5. The molecule has 8 heteroatoms. The molecule has 0 bridgehead atoms. The number of fused-ring (bicyclic) bond motifs is 1. The zero-order chi connectivity index (χ0) is 22.7. The molecular weight excluding hydrogens is 406 g/mol. The Hall–Kier alpha value is -3.72. The van der Waals surface area contributed by atoms with Crippen LogP contribution in [0.2, 0.25) is 0 Å². The van der Waals surface area contributed by atoms with Crippen molar-refractivity contribution in [3.63, 3.8) is 0 Å². The summed E-state index contributed by atoms with van der Waals surface area (Å²) in [4.78, 5) is 27.1. The fraction of sp³-hybridized carbons (Fsp3) is 0.333. The number of anilines is 1. The van der Waals surface area contributed by atoms with E-state index in [0.717, 1.165) is 11.1 Å². The lowest BCUT2D eigenvalue weighted by Gasteiger charge is -2.32. The van der Waals surface area contributed by atoms with Crippen LogP contribution in [0.1, 0.15) is 39.9 Å². The van der Waals surface area contributed by atoms with Gasteiger partial charge >= 0.3 is 0 Å². The van der Waals surface area contributed by atoms with Crippen LogP contribution < -0.4 is 16.0 Å². The number of hydrogen-bond donors (Lipinski definition) is 2. The van der Waals surface area contributed by atoms with Gasteiger partial charge < -0.3 is 20.7 Å². The van der Waals surface area contributed by atoms with E-state index in [0.29, 0.717) is 55.8 Å². The second-order valence-corrected chi connectivity index (χ2v) is 8.17. The maximum absolute atomic E-state index is 12.9. The standard InChI is InChI=1S/C24H23N5O3/c25-13-17-2-1-3-20(12-17)29-15-18-10-16(4-5-21(18)22(29)30)11-19(14-26)28-23(31)24(27)6-8-32-9-7-24/h1-5,10,12,19H,6-9,11,15,27H2,(H,28,31)/t19-/m0/s1. The molecule has 3 N–H and O–H groups in total. The second kappa shape index (κ2) is 8.80. The van der Waals surface area contributed by atoms with Crippen molar-refractivity contribution in [1.82, 2.24) is 5.32 Å². The summed E-state index contributed by atoms with van der Waals surface area (Å²) < 4.78 is 5.27. The number of nitrogens with two attached hydrogens (primary N) is 1. The molecule has 1 saturated heterocycles. The van der Waals surface area contributed by atoms with Crippen molar-refractivity contribution in [2.75, 3.05) is 18.1 Å². The summed E-state index contributed by atoms with van der Waals surface area (Å²) in [6.07, 6.45) is 1.14. The van der Waals surface area contributed by atoms with Gasteiger partial charge in [-0.3, -0.25) is 9.59 Å². The Kier molecular flexibility index (Phi) is 5.91. The zero-order valence-electron chi connectivity index (χ0n) is 17.5. The van der Waals surface area contributed by atoms with Gasteiger partial charge in [0.1, 0.15) is 6.04 Å². The molecule has 2 aliphatic rings. The number of nitrogens with zero attached hydrogens (tertiary/aromatic N) is 3. The van der Waals surface area contributed by atoms with Gasteiger partial charge in [0.05, 0.1) is 29.8 Å². The van der Waals surface area contributed by atoms with Crippen LogP contribution in [0.5, 0.6) is 0 Å². The Morgan fingerprint density at radius 3 is 2.72 bits per heavy atom.